The number of esters is 1. The van der Waals surface area contributed by atoms with Gasteiger partial charge in [0.05, 0.1) is 23.5 Å². The highest BCUT2D eigenvalue weighted by molar-refractivity contribution is 7.18. The number of carbonyl (C=O) groups is 3. The van der Waals surface area contributed by atoms with Gasteiger partial charge in [-0.15, -0.1) is 11.3 Å². The Morgan fingerprint density at radius 3 is 2.52 bits per heavy atom. The molecular formula is C18H18Cl2N2O4S. The van der Waals surface area contributed by atoms with Crippen LogP contribution in [0.3, 0.4) is 0 Å². The van der Waals surface area contributed by atoms with Gasteiger partial charge in [0.2, 0.25) is 5.91 Å². The Bertz CT molecular complexity index is 896. The van der Waals surface area contributed by atoms with E-state index in [0.717, 1.165) is 11.3 Å². The molecule has 9 heteroatoms. The molecule has 0 aliphatic carbocycles. The molecule has 27 heavy (non-hydrogen) atoms. The first-order chi connectivity index (χ1) is 12.8. The van der Waals surface area contributed by atoms with Gasteiger partial charge < -0.3 is 15.4 Å². The van der Waals surface area contributed by atoms with Crippen molar-refractivity contribution in [1.82, 2.24) is 5.32 Å². The summed E-state index contributed by atoms with van der Waals surface area (Å²) < 4.78 is 5.06. The SMILES string of the molecule is CCOC(=O)c1c(NC(=O)Cc2ccc(Cl)cc2Cl)sc(C(=O)NC)c1C. The monoisotopic (exact) mass is 428 g/mol. The third kappa shape index (κ3) is 5.00. The lowest BCUT2D eigenvalue weighted by Gasteiger charge is -2.08. The largest absolute Gasteiger partial charge is 0.462 e. The van der Waals surface area contributed by atoms with Crippen molar-refractivity contribution in [1.29, 1.82) is 0 Å². The molecule has 6 nitrogen and oxygen atoms in total. The Kier molecular flexibility index (Phi) is 7.24. The number of rotatable bonds is 6. The zero-order chi connectivity index (χ0) is 20.1. The second-order valence-corrected chi connectivity index (χ2v) is 7.38. The van der Waals surface area contributed by atoms with E-state index in [1.807, 2.05) is 0 Å². The molecule has 0 unspecified atom stereocenters. The molecule has 0 spiro atoms. The molecule has 2 amide bonds. The van der Waals surface area contributed by atoms with E-state index in [4.69, 9.17) is 27.9 Å². The maximum atomic E-state index is 12.5. The van der Waals surface area contributed by atoms with Crippen LogP contribution in [0, 0.1) is 6.92 Å². The summed E-state index contributed by atoms with van der Waals surface area (Å²) in [6.45, 7) is 3.50. The quantitative estimate of drug-likeness (QED) is 0.678. The van der Waals surface area contributed by atoms with Gasteiger partial charge in [0, 0.05) is 17.1 Å². The first kappa shape index (κ1) is 21.2. The molecule has 2 rings (SSSR count). The second kappa shape index (κ2) is 9.21. The predicted octanol–water partition coefficient (Wildman–Crippen LogP) is 4.08. The summed E-state index contributed by atoms with van der Waals surface area (Å²) in [5.41, 5.74) is 1.23. The van der Waals surface area contributed by atoms with E-state index in [2.05, 4.69) is 10.6 Å². The number of hydrogen-bond acceptors (Lipinski definition) is 5. The van der Waals surface area contributed by atoms with E-state index < -0.39 is 5.97 Å². The average Bonchev–Trinajstić information content (AvgIpc) is 2.93. The lowest BCUT2D eigenvalue weighted by molar-refractivity contribution is -0.115. The summed E-state index contributed by atoms with van der Waals surface area (Å²) in [6.07, 6.45) is -0.00940. The number of benzene rings is 1. The molecule has 2 aromatic rings. The molecule has 0 bridgehead atoms. The van der Waals surface area contributed by atoms with E-state index in [9.17, 15) is 14.4 Å². The van der Waals surface area contributed by atoms with Crippen LogP contribution >= 0.6 is 34.5 Å². The van der Waals surface area contributed by atoms with Crippen molar-refractivity contribution in [3.05, 3.63) is 49.8 Å². The molecule has 1 heterocycles. The average molecular weight is 429 g/mol. The first-order valence-corrected chi connectivity index (χ1v) is 9.62. The molecule has 1 aromatic heterocycles. The fourth-order valence-electron chi connectivity index (χ4n) is 2.39. The lowest BCUT2D eigenvalue weighted by Crippen LogP contribution is -2.18. The highest BCUT2D eigenvalue weighted by Gasteiger charge is 2.26. The van der Waals surface area contributed by atoms with Crippen LogP contribution in [0.2, 0.25) is 10.0 Å². The van der Waals surface area contributed by atoms with Gasteiger partial charge in [-0.1, -0.05) is 29.3 Å². The van der Waals surface area contributed by atoms with Gasteiger partial charge in [0.25, 0.3) is 5.91 Å². The number of ether oxygens (including phenoxy) is 1. The number of hydrogen-bond donors (Lipinski definition) is 2. The molecule has 0 saturated heterocycles. The van der Waals surface area contributed by atoms with Crippen molar-refractivity contribution < 1.29 is 19.1 Å². The van der Waals surface area contributed by atoms with Crippen molar-refractivity contribution in [3.63, 3.8) is 0 Å². The Morgan fingerprint density at radius 2 is 1.93 bits per heavy atom. The molecule has 1 aromatic carbocycles. The highest BCUT2D eigenvalue weighted by atomic mass is 35.5. The number of thiophene rings is 1. The Morgan fingerprint density at radius 1 is 1.22 bits per heavy atom. The van der Waals surface area contributed by atoms with Gasteiger partial charge in [-0.05, 0) is 37.1 Å². The minimum atomic E-state index is -0.596. The van der Waals surface area contributed by atoms with Crippen molar-refractivity contribution in [2.75, 3.05) is 19.0 Å². The van der Waals surface area contributed by atoms with Crippen LogP contribution in [0.1, 0.15) is 38.1 Å². The third-order valence-electron chi connectivity index (χ3n) is 3.68. The number of carbonyl (C=O) groups excluding carboxylic acids is 3. The number of anilines is 1. The summed E-state index contributed by atoms with van der Waals surface area (Å²) in [7, 11) is 1.49. The van der Waals surface area contributed by atoms with E-state index in [0.29, 0.717) is 26.0 Å². The Balaban J connectivity index is 2.31. The summed E-state index contributed by atoms with van der Waals surface area (Å²) in [6, 6.07) is 4.85. The molecule has 0 radical (unpaired) electrons. The van der Waals surface area contributed by atoms with Crippen molar-refractivity contribution in [3.8, 4) is 0 Å². The van der Waals surface area contributed by atoms with E-state index in [1.165, 1.54) is 7.05 Å². The topological polar surface area (TPSA) is 84.5 Å². The molecule has 0 fully saturated rings. The summed E-state index contributed by atoms with van der Waals surface area (Å²) in [5.74, 6) is -1.32. The van der Waals surface area contributed by atoms with Crippen LogP contribution < -0.4 is 10.6 Å². The minimum Gasteiger partial charge on any atom is -0.462 e. The maximum Gasteiger partial charge on any atom is 0.341 e. The van der Waals surface area contributed by atoms with Crippen LogP contribution in [-0.4, -0.2) is 31.4 Å². The Hall–Kier alpha value is -2.09. The molecule has 0 saturated carbocycles. The highest BCUT2D eigenvalue weighted by Crippen LogP contribution is 2.34. The van der Waals surface area contributed by atoms with Gasteiger partial charge in [0.15, 0.2) is 0 Å². The zero-order valence-electron chi connectivity index (χ0n) is 14.9. The van der Waals surface area contributed by atoms with Gasteiger partial charge in [-0.25, -0.2) is 4.79 Å². The van der Waals surface area contributed by atoms with Crippen molar-refractivity contribution >= 4 is 57.3 Å². The standard InChI is InChI=1S/C18H18Cl2N2O4S/c1-4-26-18(25)14-9(2)15(16(24)21-3)27-17(14)22-13(23)7-10-5-6-11(19)8-12(10)20/h5-6,8H,4,7H2,1-3H3,(H,21,24)(H,22,23). The number of amides is 2. The van der Waals surface area contributed by atoms with E-state index in [1.54, 1.807) is 32.0 Å². The van der Waals surface area contributed by atoms with Crippen LogP contribution in [0.5, 0.6) is 0 Å². The van der Waals surface area contributed by atoms with Gasteiger partial charge in [-0.2, -0.15) is 0 Å². The van der Waals surface area contributed by atoms with Gasteiger partial charge in [0.1, 0.15) is 5.00 Å². The molecule has 144 valence electrons. The zero-order valence-corrected chi connectivity index (χ0v) is 17.3. The van der Waals surface area contributed by atoms with Gasteiger partial charge in [-0.3, -0.25) is 9.59 Å². The van der Waals surface area contributed by atoms with Crippen molar-refractivity contribution in [2.24, 2.45) is 0 Å². The molecule has 0 atom stereocenters. The van der Waals surface area contributed by atoms with E-state index >= 15 is 0 Å². The minimum absolute atomic E-state index is 0.00940. The Labute approximate surface area is 170 Å². The summed E-state index contributed by atoms with van der Waals surface area (Å²) in [5, 5.41) is 6.31. The number of halogens is 2. The van der Waals surface area contributed by atoms with Crippen molar-refractivity contribution in [2.45, 2.75) is 20.3 Å². The molecule has 2 N–H and O–H groups in total. The van der Waals surface area contributed by atoms with Crippen LogP contribution in [0.4, 0.5) is 5.00 Å². The molecule has 0 aliphatic rings. The molecule has 0 aliphatic heterocycles. The maximum absolute atomic E-state index is 12.5. The van der Waals surface area contributed by atoms with E-state index in [-0.39, 0.29) is 35.4 Å². The van der Waals surface area contributed by atoms with Crippen LogP contribution in [0.15, 0.2) is 18.2 Å². The first-order valence-electron chi connectivity index (χ1n) is 8.04. The van der Waals surface area contributed by atoms with Crippen LogP contribution in [0.25, 0.3) is 0 Å². The fraction of sp³-hybridized carbons (Fsp3) is 0.278. The number of nitrogens with one attached hydrogen (secondary N) is 2. The lowest BCUT2D eigenvalue weighted by atomic mass is 10.1. The third-order valence-corrected chi connectivity index (χ3v) is 5.47. The predicted molar refractivity (Wildman–Crippen MR) is 107 cm³/mol. The second-order valence-electron chi connectivity index (χ2n) is 5.52. The summed E-state index contributed by atoms with van der Waals surface area (Å²) >= 11 is 13.0. The summed E-state index contributed by atoms with van der Waals surface area (Å²) in [4.78, 5) is 37.1. The van der Waals surface area contributed by atoms with Gasteiger partial charge >= 0.3 is 5.97 Å². The van der Waals surface area contributed by atoms with Crippen LogP contribution in [-0.2, 0) is 16.0 Å². The molecular weight excluding hydrogens is 411 g/mol. The normalized spacial score (nSPS) is 10.4. The fourth-order valence-corrected chi connectivity index (χ4v) is 4.02. The smallest absolute Gasteiger partial charge is 0.341 e.